The molecule has 1 N–H and O–H groups in total. The Balaban J connectivity index is 1.74. The molecule has 1 fully saturated rings. The number of ether oxygens (including phenoxy) is 1. The Morgan fingerprint density at radius 1 is 1.10 bits per heavy atom. The molecule has 3 aromatic rings. The van der Waals surface area contributed by atoms with Gasteiger partial charge in [0.2, 0.25) is 5.91 Å². The van der Waals surface area contributed by atoms with Gasteiger partial charge in [-0.2, -0.15) is 0 Å². The summed E-state index contributed by atoms with van der Waals surface area (Å²) in [6.07, 6.45) is 2.75. The third kappa shape index (κ3) is 3.15. The van der Waals surface area contributed by atoms with Crippen LogP contribution in [0.3, 0.4) is 0 Å². The molecule has 29 heavy (non-hydrogen) atoms. The van der Waals surface area contributed by atoms with Crippen LogP contribution >= 0.6 is 0 Å². The highest BCUT2D eigenvalue weighted by molar-refractivity contribution is 7.90. The van der Waals surface area contributed by atoms with Crippen LogP contribution in [0, 0.1) is 13.8 Å². The standard InChI is InChI=1S/C22H22N2O4S/c1-14-9-10-18(28-3)20(15(14)2)22(11-12-22)21(25)24-29(26,27)19-8-4-7-17-16(19)6-5-13-23-17/h4-10,13H,11-12H2,1-3H3,(H,24,25). The highest BCUT2D eigenvalue weighted by Gasteiger charge is 2.54. The molecule has 0 unspecified atom stereocenters. The molecule has 0 bridgehead atoms. The van der Waals surface area contributed by atoms with Gasteiger partial charge in [0.05, 0.1) is 22.9 Å². The number of fused-ring (bicyclic) bond motifs is 1. The van der Waals surface area contributed by atoms with Gasteiger partial charge in [-0.15, -0.1) is 0 Å². The van der Waals surface area contributed by atoms with Gasteiger partial charge in [-0.05, 0) is 68.1 Å². The molecule has 1 heterocycles. The Bertz CT molecular complexity index is 1230. The molecule has 0 saturated heterocycles. The third-order valence-corrected chi connectivity index (χ3v) is 7.09. The zero-order chi connectivity index (χ0) is 20.8. The summed E-state index contributed by atoms with van der Waals surface area (Å²) in [6, 6.07) is 12.0. The molecule has 2 aromatic carbocycles. The molecule has 1 saturated carbocycles. The van der Waals surface area contributed by atoms with Gasteiger partial charge in [0, 0.05) is 17.1 Å². The molecule has 1 aromatic heterocycles. The van der Waals surface area contributed by atoms with Gasteiger partial charge in [-0.1, -0.05) is 12.1 Å². The number of hydrogen-bond donors (Lipinski definition) is 1. The van der Waals surface area contributed by atoms with Gasteiger partial charge in [0.25, 0.3) is 10.0 Å². The van der Waals surface area contributed by atoms with Crippen LogP contribution in [0.25, 0.3) is 10.9 Å². The lowest BCUT2D eigenvalue weighted by Crippen LogP contribution is -2.39. The maximum absolute atomic E-state index is 13.2. The maximum Gasteiger partial charge on any atom is 0.264 e. The fourth-order valence-electron chi connectivity index (χ4n) is 3.86. The van der Waals surface area contributed by atoms with Gasteiger partial charge < -0.3 is 4.74 Å². The second-order valence-corrected chi connectivity index (χ2v) is 9.08. The van der Waals surface area contributed by atoms with Crippen molar-refractivity contribution >= 4 is 26.8 Å². The summed E-state index contributed by atoms with van der Waals surface area (Å²) < 4.78 is 34.0. The van der Waals surface area contributed by atoms with Gasteiger partial charge in [-0.3, -0.25) is 9.78 Å². The number of pyridine rings is 1. The Hall–Kier alpha value is -2.93. The molecule has 150 valence electrons. The minimum absolute atomic E-state index is 0.0418. The van der Waals surface area contributed by atoms with Crippen LogP contribution in [0.5, 0.6) is 5.75 Å². The predicted molar refractivity (Wildman–Crippen MR) is 110 cm³/mol. The van der Waals surface area contributed by atoms with Crippen LogP contribution < -0.4 is 9.46 Å². The lowest BCUT2D eigenvalue weighted by atomic mass is 9.88. The quantitative estimate of drug-likeness (QED) is 0.697. The van der Waals surface area contributed by atoms with Crippen LogP contribution in [0.1, 0.15) is 29.5 Å². The van der Waals surface area contributed by atoms with Crippen LogP contribution in [-0.4, -0.2) is 26.4 Å². The predicted octanol–water partition coefficient (Wildman–Crippen LogP) is 3.40. The van der Waals surface area contributed by atoms with Crippen LogP contribution in [0.15, 0.2) is 53.6 Å². The second-order valence-electron chi connectivity index (χ2n) is 7.43. The zero-order valence-corrected chi connectivity index (χ0v) is 17.3. The molecular weight excluding hydrogens is 388 g/mol. The SMILES string of the molecule is COc1ccc(C)c(C)c1C1(C(=O)NS(=O)(=O)c2cccc3ncccc23)CC1. The number of nitrogens with one attached hydrogen (secondary N) is 1. The van der Waals surface area contributed by atoms with Crippen molar-refractivity contribution in [2.75, 3.05) is 7.11 Å². The van der Waals surface area contributed by atoms with E-state index >= 15 is 0 Å². The summed E-state index contributed by atoms with van der Waals surface area (Å²) in [7, 11) is -2.50. The monoisotopic (exact) mass is 410 g/mol. The van der Waals surface area contributed by atoms with E-state index in [2.05, 4.69) is 9.71 Å². The second kappa shape index (κ2) is 6.84. The highest BCUT2D eigenvalue weighted by Crippen LogP contribution is 2.53. The van der Waals surface area contributed by atoms with E-state index in [0.717, 1.165) is 16.7 Å². The summed E-state index contributed by atoms with van der Waals surface area (Å²) >= 11 is 0. The molecule has 6 nitrogen and oxygen atoms in total. The average molecular weight is 410 g/mol. The molecule has 7 heteroatoms. The van der Waals surface area contributed by atoms with E-state index in [0.29, 0.717) is 29.5 Å². The number of carbonyl (C=O) groups is 1. The van der Waals surface area contributed by atoms with E-state index < -0.39 is 21.3 Å². The minimum atomic E-state index is -4.06. The van der Waals surface area contributed by atoms with Crippen molar-refractivity contribution in [3.8, 4) is 5.75 Å². The maximum atomic E-state index is 13.2. The van der Waals surface area contributed by atoms with Crippen molar-refractivity contribution in [2.24, 2.45) is 0 Å². The molecule has 0 spiro atoms. The van der Waals surface area contributed by atoms with Crippen molar-refractivity contribution in [2.45, 2.75) is 37.0 Å². The third-order valence-electron chi connectivity index (χ3n) is 5.70. The number of carbonyl (C=O) groups excluding carboxylic acids is 1. The summed E-state index contributed by atoms with van der Waals surface area (Å²) in [5.41, 5.74) is 2.41. The van der Waals surface area contributed by atoms with Gasteiger partial charge in [0.15, 0.2) is 0 Å². The van der Waals surface area contributed by atoms with E-state index in [-0.39, 0.29) is 4.90 Å². The first-order valence-electron chi connectivity index (χ1n) is 9.36. The molecule has 4 rings (SSSR count). The molecule has 0 aliphatic heterocycles. The average Bonchev–Trinajstić information content (AvgIpc) is 3.51. The van der Waals surface area contributed by atoms with Crippen LogP contribution in [0.2, 0.25) is 0 Å². The molecule has 1 aliphatic rings. The smallest absolute Gasteiger partial charge is 0.264 e. The molecular formula is C22H22N2O4S. The number of aromatic nitrogens is 1. The lowest BCUT2D eigenvalue weighted by molar-refractivity contribution is -0.121. The van der Waals surface area contributed by atoms with Crippen LogP contribution in [-0.2, 0) is 20.2 Å². The molecule has 1 aliphatic carbocycles. The summed E-state index contributed by atoms with van der Waals surface area (Å²) in [5, 5.41) is 0.476. The van der Waals surface area contributed by atoms with Crippen molar-refractivity contribution < 1.29 is 17.9 Å². The Morgan fingerprint density at radius 3 is 2.55 bits per heavy atom. The van der Waals surface area contributed by atoms with Crippen LogP contribution in [0.4, 0.5) is 0 Å². The summed E-state index contributed by atoms with van der Waals surface area (Å²) in [5.74, 6) is 0.0814. The van der Waals surface area contributed by atoms with E-state index in [1.165, 1.54) is 6.07 Å². The first-order chi connectivity index (χ1) is 13.8. The number of aryl methyl sites for hydroxylation is 1. The fraction of sp³-hybridized carbons (Fsp3) is 0.273. The number of benzene rings is 2. The molecule has 0 radical (unpaired) electrons. The van der Waals surface area contributed by atoms with E-state index in [9.17, 15) is 13.2 Å². The number of methoxy groups -OCH3 is 1. The number of sulfonamides is 1. The topological polar surface area (TPSA) is 85.4 Å². The minimum Gasteiger partial charge on any atom is -0.496 e. The molecule has 1 amide bonds. The number of hydrogen-bond acceptors (Lipinski definition) is 5. The first-order valence-corrected chi connectivity index (χ1v) is 10.8. The van der Waals surface area contributed by atoms with E-state index in [1.807, 2.05) is 26.0 Å². The van der Waals surface area contributed by atoms with Gasteiger partial charge >= 0.3 is 0 Å². The van der Waals surface area contributed by atoms with E-state index in [4.69, 9.17) is 4.74 Å². The van der Waals surface area contributed by atoms with Gasteiger partial charge in [-0.25, -0.2) is 13.1 Å². The van der Waals surface area contributed by atoms with Gasteiger partial charge in [0.1, 0.15) is 5.75 Å². The summed E-state index contributed by atoms with van der Waals surface area (Å²) in [6.45, 7) is 3.90. The van der Waals surface area contributed by atoms with Crippen molar-refractivity contribution in [3.05, 3.63) is 65.4 Å². The van der Waals surface area contributed by atoms with Crippen molar-refractivity contribution in [3.63, 3.8) is 0 Å². The highest BCUT2D eigenvalue weighted by atomic mass is 32.2. The first kappa shape index (κ1) is 19.4. The zero-order valence-electron chi connectivity index (χ0n) is 16.5. The number of rotatable bonds is 5. The number of nitrogens with zero attached hydrogens (tertiary/aromatic N) is 1. The Kier molecular flexibility index (Phi) is 4.58. The van der Waals surface area contributed by atoms with Crippen molar-refractivity contribution in [1.29, 1.82) is 0 Å². The lowest BCUT2D eigenvalue weighted by Gasteiger charge is -2.22. The molecule has 0 atom stereocenters. The fourth-order valence-corrected chi connectivity index (χ4v) is 5.12. The van der Waals surface area contributed by atoms with E-state index in [1.54, 1.807) is 37.6 Å². The Labute approximate surface area is 170 Å². The number of amides is 1. The largest absolute Gasteiger partial charge is 0.496 e. The normalized spacial score (nSPS) is 15.1. The van der Waals surface area contributed by atoms with Crippen molar-refractivity contribution in [1.82, 2.24) is 9.71 Å². The Morgan fingerprint density at radius 2 is 1.86 bits per heavy atom. The summed E-state index contributed by atoms with van der Waals surface area (Å²) in [4.78, 5) is 17.5.